The zero-order valence-corrected chi connectivity index (χ0v) is 6.83. The highest BCUT2D eigenvalue weighted by atomic mass is 15.0. The molecule has 0 radical (unpaired) electrons. The van der Waals surface area contributed by atoms with Crippen LogP contribution in [0.25, 0.3) is 0 Å². The van der Waals surface area contributed by atoms with Crippen molar-refractivity contribution in [2.75, 3.05) is 0 Å². The average Bonchev–Trinajstić information content (AvgIpc) is 1.87. The molecule has 0 saturated carbocycles. The molecule has 1 unspecified atom stereocenters. The Kier molecular flexibility index (Phi) is 1.88. The van der Waals surface area contributed by atoms with E-state index >= 15 is 0 Å². The smallest absolute Gasteiger partial charge is 0.0775 e. The molecule has 1 aliphatic rings. The fraction of sp³-hybridized carbons (Fsp3) is 0.750. The lowest BCUT2D eigenvalue weighted by Crippen LogP contribution is -2.34. The molecule has 0 aromatic rings. The molecule has 0 saturated heterocycles. The minimum atomic E-state index is 0.0174. The second-order valence-corrected chi connectivity index (χ2v) is 3.15. The van der Waals surface area contributed by atoms with E-state index in [9.17, 15) is 0 Å². The number of rotatable bonds is 1. The lowest BCUT2D eigenvalue weighted by molar-refractivity contribution is 0.404. The Morgan fingerprint density at radius 3 is 2.50 bits per heavy atom. The minimum Gasteiger partial charge on any atom is -0.286 e. The Balaban J connectivity index is 2.74. The van der Waals surface area contributed by atoms with Gasteiger partial charge in [0.2, 0.25) is 0 Å². The van der Waals surface area contributed by atoms with E-state index in [-0.39, 0.29) is 5.54 Å². The van der Waals surface area contributed by atoms with Crippen molar-refractivity contribution in [1.82, 2.24) is 0 Å². The van der Waals surface area contributed by atoms with Crippen molar-refractivity contribution >= 4 is 12.4 Å². The summed E-state index contributed by atoms with van der Waals surface area (Å²) in [6.45, 7) is 6.38. The van der Waals surface area contributed by atoms with Crippen LogP contribution in [0.15, 0.2) is 9.98 Å². The van der Waals surface area contributed by atoms with E-state index in [0.717, 1.165) is 6.42 Å². The first-order valence-electron chi connectivity index (χ1n) is 3.74. The van der Waals surface area contributed by atoms with Crippen LogP contribution in [0.5, 0.6) is 0 Å². The maximum absolute atomic E-state index is 4.34. The molecular weight excluding hydrogens is 124 g/mol. The summed E-state index contributed by atoms with van der Waals surface area (Å²) in [6.07, 6.45) is 4.65. The normalized spacial score (nSPS) is 28.9. The second kappa shape index (κ2) is 2.52. The van der Waals surface area contributed by atoms with Crippen LogP contribution in [0.4, 0.5) is 0 Å². The van der Waals surface area contributed by atoms with Gasteiger partial charge in [0.1, 0.15) is 0 Å². The molecule has 0 amide bonds. The third kappa shape index (κ3) is 1.25. The predicted molar refractivity (Wildman–Crippen MR) is 45.1 cm³/mol. The fourth-order valence-electron chi connectivity index (χ4n) is 1.24. The third-order valence-electron chi connectivity index (χ3n) is 1.94. The van der Waals surface area contributed by atoms with Crippen LogP contribution in [0.3, 0.4) is 0 Å². The third-order valence-corrected chi connectivity index (χ3v) is 1.94. The van der Waals surface area contributed by atoms with Gasteiger partial charge in [0.05, 0.1) is 11.6 Å². The summed E-state index contributed by atoms with van der Waals surface area (Å²) in [5.41, 5.74) is 0.0174. The summed E-state index contributed by atoms with van der Waals surface area (Å²) in [5.74, 6) is 0. The standard InChI is InChI=1S/C8H14N2/c1-4-7-8(2,3)10-6-5-9-7/h5-7H,4H2,1-3H3. The summed E-state index contributed by atoms with van der Waals surface area (Å²) < 4.78 is 0. The average molecular weight is 138 g/mol. The number of nitrogens with zero attached hydrogens (tertiary/aromatic N) is 2. The molecular formula is C8H14N2. The number of hydrogen-bond donors (Lipinski definition) is 0. The Morgan fingerprint density at radius 1 is 1.40 bits per heavy atom. The summed E-state index contributed by atoms with van der Waals surface area (Å²) in [4.78, 5) is 8.67. The van der Waals surface area contributed by atoms with Gasteiger partial charge in [-0.2, -0.15) is 0 Å². The van der Waals surface area contributed by atoms with Gasteiger partial charge < -0.3 is 0 Å². The van der Waals surface area contributed by atoms with Crippen molar-refractivity contribution in [1.29, 1.82) is 0 Å². The first-order valence-corrected chi connectivity index (χ1v) is 3.74. The van der Waals surface area contributed by atoms with Gasteiger partial charge in [-0.1, -0.05) is 6.92 Å². The predicted octanol–water partition coefficient (Wildman–Crippen LogP) is 1.70. The Bertz CT molecular complexity index is 168. The minimum absolute atomic E-state index is 0.0174. The molecule has 0 aromatic heterocycles. The molecule has 1 rings (SSSR count). The van der Waals surface area contributed by atoms with Gasteiger partial charge in [-0.05, 0) is 20.3 Å². The van der Waals surface area contributed by atoms with Crippen LogP contribution in [-0.4, -0.2) is 24.0 Å². The van der Waals surface area contributed by atoms with E-state index in [1.807, 2.05) is 0 Å². The summed E-state index contributed by atoms with van der Waals surface area (Å²) in [6, 6.07) is 0.373. The number of hydrogen-bond acceptors (Lipinski definition) is 2. The van der Waals surface area contributed by atoms with Gasteiger partial charge >= 0.3 is 0 Å². The molecule has 10 heavy (non-hydrogen) atoms. The van der Waals surface area contributed by atoms with E-state index in [0.29, 0.717) is 6.04 Å². The first-order chi connectivity index (χ1) is 4.67. The number of aliphatic imine (C=N–C) groups is 2. The van der Waals surface area contributed by atoms with E-state index in [1.54, 1.807) is 12.4 Å². The van der Waals surface area contributed by atoms with Crippen molar-refractivity contribution in [2.45, 2.75) is 38.8 Å². The van der Waals surface area contributed by atoms with Gasteiger partial charge in [0.25, 0.3) is 0 Å². The van der Waals surface area contributed by atoms with Crippen molar-refractivity contribution in [3.63, 3.8) is 0 Å². The molecule has 56 valence electrons. The molecule has 0 spiro atoms. The lowest BCUT2D eigenvalue weighted by atomic mass is 9.93. The zero-order valence-electron chi connectivity index (χ0n) is 6.83. The fourth-order valence-corrected chi connectivity index (χ4v) is 1.24. The van der Waals surface area contributed by atoms with E-state index in [4.69, 9.17) is 0 Å². The largest absolute Gasteiger partial charge is 0.286 e. The van der Waals surface area contributed by atoms with Crippen molar-refractivity contribution in [3.05, 3.63) is 0 Å². The molecule has 1 heterocycles. The maximum Gasteiger partial charge on any atom is 0.0775 e. The highest BCUT2D eigenvalue weighted by Gasteiger charge is 2.27. The van der Waals surface area contributed by atoms with E-state index in [1.165, 1.54) is 0 Å². The Labute approximate surface area is 62.1 Å². The molecule has 0 bridgehead atoms. The van der Waals surface area contributed by atoms with Crippen LogP contribution in [0.1, 0.15) is 27.2 Å². The van der Waals surface area contributed by atoms with Crippen molar-refractivity contribution < 1.29 is 0 Å². The highest BCUT2D eigenvalue weighted by Crippen LogP contribution is 2.21. The van der Waals surface area contributed by atoms with Gasteiger partial charge in [0.15, 0.2) is 0 Å². The molecule has 1 atom stereocenters. The van der Waals surface area contributed by atoms with Gasteiger partial charge in [-0.3, -0.25) is 9.98 Å². The SMILES string of the molecule is CCC1N=CC=NC1(C)C. The Hall–Kier alpha value is -0.660. The molecule has 0 aromatic carbocycles. The monoisotopic (exact) mass is 138 g/mol. The topological polar surface area (TPSA) is 24.7 Å². The maximum atomic E-state index is 4.34. The summed E-state index contributed by atoms with van der Waals surface area (Å²) in [7, 11) is 0. The molecule has 0 aliphatic carbocycles. The van der Waals surface area contributed by atoms with E-state index in [2.05, 4.69) is 30.8 Å². The molecule has 2 nitrogen and oxygen atoms in total. The van der Waals surface area contributed by atoms with Gasteiger partial charge in [0, 0.05) is 12.4 Å². The van der Waals surface area contributed by atoms with Crippen molar-refractivity contribution in [3.8, 4) is 0 Å². The Morgan fingerprint density at radius 2 is 2.10 bits per heavy atom. The van der Waals surface area contributed by atoms with E-state index < -0.39 is 0 Å². The summed E-state index contributed by atoms with van der Waals surface area (Å²) >= 11 is 0. The summed E-state index contributed by atoms with van der Waals surface area (Å²) in [5, 5.41) is 0. The molecule has 1 aliphatic heterocycles. The van der Waals surface area contributed by atoms with Crippen LogP contribution in [0.2, 0.25) is 0 Å². The van der Waals surface area contributed by atoms with Gasteiger partial charge in [-0.15, -0.1) is 0 Å². The van der Waals surface area contributed by atoms with Crippen LogP contribution >= 0.6 is 0 Å². The highest BCUT2D eigenvalue weighted by molar-refractivity contribution is 6.16. The van der Waals surface area contributed by atoms with Crippen LogP contribution < -0.4 is 0 Å². The molecule has 2 heteroatoms. The van der Waals surface area contributed by atoms with Crippen LogP contribution in [0, 0.1) is 0 Å². The van der Waals surface area contributed by atoms with Crippen molar-refractivity contribution in [2.24, 2.45) is 9.98 Å². The second-order valence-electron chi connectivity index (χ2n) is 3.15. The van der Waals surface area contributed by atoms with Gasteiger partial charge in [-0.25, -0.2) is 0 Å². The zero-order chi connectivity index (χ0) is 7.61. The first kappa shape index (κ1) is 7.45. The molecule has 0 N–H and O–H groups in total. The quantitative estimate of drug-likeness (QED) is 0.527. The lowest BCUT2D eigenvalue weighted by Gasteiger charge is -2.28. The molecule has 0 fully saturated rings. The van der Waals surface area contributed by atoms with Crippen LogP contribution in [-0.2, 0) is 0 Å².